The van der Waals surface area contributed by atoms with Crippen LogP contribution in [0.3, 0.4) is 0 Å². The van der Waals surface area contributed by atoms with Gasteiger partial charge in [0, 0.05) is 0 Å². The zero-order chi connectivity index (χ0) is 27.5. The second-order valence-electron chi connectivity index (χ2n) is 8.56. The van der Waals surface area contributed by atoms with Gasteiger partial charge in [0.25, 0.3) is 0 Å². The van der Waals surface area contributed by atoms with Gasteiger partial charge in [-0.1, -0.05) is 0 Å². The molecule has 0 aromatic carbocycles. The summed E-state index contributed by atoms with van der Waals surface area (Å²) in [7, 11) is 1.35. The van der Waals surface area contributed by atoms with Crippen LogP contribution in [0.5, 0.6) is 0 Å². The van der Waals surface area contributed by atoms with Crippen LogP contribution in [-0.2, 0) is 57.0 Å². The van der Waals surface area contributed by atoms with E-state index in [0.29, 0.717) is 106 Å². The van der Waals surface area contributed by atoms with Crippen molar-refractivity contribution in [1.82, 2.24) is 0 Å². The van der Waals surface area contributed by atoms with E-state index >= 15 is 0 Å². The predicted octanol–water partition coefficient (Wildman–Crippen LogP) is 1.41. The van der Waals surface area contributed by atoms with Crippen molar-refractivity contribution in [2.24, 2.45) is 0 Å². The predicted molar refractivity (Wildman–Crippen MR) is 134 cm³/mol. The lowest BCUT2D eigenvalue weighted by Gasteiger charge is -2.19. The molecule has 0 fully saturated rings. The molecule has 0 rings (SSSR count). The summed E-state index contributed by atoms with van der Waals surface area (Å²) in [6.07, 6.45) is 0.474. The molecule has 37 heavy (non-hydrogen) atoms. The van der Waals surface area contributed by atoms with Crippen LogP contribution in [0.4, 0.5) is 0 Å². The minimum Gasteiger partial charge on any atom is -0.469 e. The standard InChI is InChI=1S/C25H48O12/c1-25(2,3)37-24(27)6-8-30-10-12-32-14-16-34-18-20-36-22-21-35-19-17-33-15-13-31-11-9-29-7-5-23(26)28-4/h5-22H2,1-4H3. The monoisotopic (exact) mass is 540 g/mol. The lowest BCUT2D eigenvalue weighted by Crippen LogP contribution is -2.24. The van der Waals surface area contributed by atoms with Gasteiger partial charge in [-0.15, -0.1) is 0 Å². The Morgan fingerprint density at radius 3 is 0.919 bits per heavy atom. The smallest absolute Gasteiger partial charge is 0.308 e. The maximum absolute atomic E-state index is 11.5. The Balaban J connectivity index is 3.12. The molecule has 0 aromatic heterocycles. The number of methoxy groups -OCH3 is 1. The van der Waals surface area contributed by atoms with Crippen LogP contribution in [0.25, 0.3) is 0 Å². The maximum Gasteiger partial charge on any atom is 0.308 e. The number of carbonyl (C=O) groups excluding carboxylic acids is 2. The molecular weight excluding hydrogens is 492 g/mol. The Kier molecular flexibility index (Phi) is 25.3. The van der Waals surface area contributed by atoms with Crippen LogP contribution in [0.2, 0.25) is 0 Å². The summed E-state index contributed by atoms with van der Waals surface area (Å²) in [5.41, 5.74) is -0.473. The molecule has 12 nitrogen and oxygen atoms in total. The van der Waals surface area contributed by atoms with Crippen molar-refractivity contribution >= 4 is 11.9 Å². The van der Waals surface area contributed by atoms with Gasteiger partial charge in [0.05, 0.1) is 126 Å². The van der Waals surface area contributed by atoms with E-state index in [9.17, 15) is 9.59 Å². The highest BCUT2D eigenvalue weighted by molar-refractivity contribution is 5.70. The van der Waals surface area contributed by atoms with Crippen LogP contribution < -0.4 is 0 Å². The fraction of sp³-hybridized carbons (Fsp3) is 0.920. The minimum atomic E-state index is -0.473. The van der Waals surface area contributed by atoms with Crippen molar-refractivity contribution in [1.29, 1.82) is 0 Å². The third-order valence-corrected chi connectivity index (χ3v) is 4.15. The highest BCUT2D eigenvalue weighted by Crippen LogP contribution is 2.08. The highest BCUT2D eigenvalue weighted by Gasteiger charge is 2.15. The Morgan fingerprint density at radius 1 is 0.432 bits per heavy atom. The molecule has 0 radical (unpaired) electrons. The molecule has 0 aliphatic carbocycles. The molecule has 0 aliphatic heterocycles. The molecule has 0 aromatic rings. The largest absolute Gasteiger partial charge is 0.469 e. The summed E-state index contributed by atoms with van der Waals surface area (Å²) in [5.74, 6) is -0.555. The van der Waals surface area contributed by atoms with Gasteiger partial charge in [0.1, 0.15) is 5.60 Å². The number of rotatable bonds is 27. The number of carbonyl (C=O) groups is 2. The molecule has 0 unspecified atom stereocenters. The number of hydrogen-bond donors (Lipinski definition) is 0. The minimum absolute atomic E-state index is 0.231. The topological polar surface area (TPSA) is 126 Å². The molecule has 0 N–H and O–H groups in total. The van der Waals surface area contributed by atoms with E-state index in [2.05, 4.69) is 4.74 Å². The number of ether oxygens (including phenoxy) is 10. The van der Waals surface area contributed by atoms with E-state index in [1.807, 2.05) is 20.8 Å². The molecule has 0 aliphatic rings. The fourth-order valence-corrected chi connectivity index (χ4v) is 2.45. The summed E-state index contributed by atoms with van der Waals surface area (Å²) < 4.78 is 52.7. The van der Waals surface area contributed by atoms with Crippen molar-refractivity contribution in [2.75, 3.05) is 113 Å². The van der Waals surface area contributed by atoms with Gasteiger partial charge < -0.3 is 47.4 Å². The van der Waals surface area contributed by atoms with E-state index < -0.39 is 5.60 Å². The molecule has 0 bridgehead atoms. The molecular formula is C25H48O12. The second-order valence-corrected chi connectivity index (χ2v) is 8.56. The lowest BCUT2D eigenvalue weighted by molar-refractivity contribution is -0.156. The van der Waals surface area contributed by atoms with Crippen molar-refractivity contribution in [2.45, 2.75) is 39.2 Å². The van der Waals surface area contributed by atoms with Gasteiger partial charge in [0.2, 0.25) is 0 Å². The Labute approximate surface area is 221 Å². The molecule has 0 atom stereocenters. The van der Waals surface area contributed by atoms with E-state index in [-0.39, 0.29) is 24.8 Å². The van der Waals surface area contributed by atoms with E-state index in [1.54, 1.807) is 0 Å². The maximum atomic E-state index is 11.5. The summed E-state index contributed by atoms with van der Waals surface area (Å²) in [5, 5.41) is 0. The Hall–Kier alpha value is -1.38. The number of hydrogen-bond acceptors (Lipinski definition) is 12. The third-order valence-electron chi connectivity index (χ3n) is 4.15. The SMILES string of the molecule is COC(=O)CCOCCOCCOCCOCCOCCOCCOCCOCCC(=O)OC(C)(C)C. The first-order valence-electron chi connectivity index (χ1n) is 12.8. The first-order valence-corrected chi connectivity index (χ1v) is 12.8. The van der Waals surface area contributed by atoms with Crippen LogP contribution in [0.15, 0.2) is 0 Å². The van der Waals surface area contributed by atoms with Gasteiger partial charge in [-0.25, -0.2) is 0 Å². The summed E-state index contributed by atoms with van der Waals surface area (Å²) in [6, 6.07) is 0. The zero-order valence-corrected chi connectivity index (χ0v) is 23.1. The van der Waals surface area contributed by atoms with Crippen molar-refractivity contribution < 1.29 is 57.0 Å². The molecule has 220 valence electrons. The van der Waals surface area contributed by atoms with Crippen LogP contribution in [0.1, 0.15) is 33.6 Å². The van der Waals surface area contributed by atoms with Crippen LogP contribution in [0, 0.1) is 0 Å². The Bertz CT molecular complexity index is 524. The Morgan fingerprint density at radius 2 is 0.676 bits per heavy atom. The van der Waals surface area contributed by atoms with Crippen molar-refractivity contribution in [3.05, 3.63) is 0 Å². The van der Waals surface area contributed by atoms with Gasteiger partial charge in [0.15, 0.2) is 0 Å². The zero-order valence-electron chi connectivity index (χ0n) is 23.1. The van der Waals surface area contributed by atoms with Crippen molar-refractivity contribution in [3.8, 4) is 0 Å². The van der Waals surface area contributed by atoms with E-state index in [1.165, 1.54) is 7.11 Å². The molecule has 0 spiro atoms. The molecule has 0 saturated heterocycles. The fourth-order valence-electron chi connectivity index (χ4n) is 2.45. The lowest BCUT2D eigenvalue weighted by atomic mass is 10.2. The van der Waals surface area contributed by atoms with Crippen LogP contribution >= 0.6 is 0 Å². The van der Waals surface area contributed by atoms with E-state index in [4.69, 9.17) is 42.6 Å². The summed E-state index contributed by atoms with van der Waals surface area (Å²) in [4.78, 5) is 22.4. The van der Waals surface area contributed by atoms with Crippen LogP contribution in [-0.4, -0.2) is 130 Å². The van der Waals surface area contributed by atoms with Crippen molar-refractivity contribution in [3.63, 3.8) is 0 Å². The molecule has 12 heteroatoms. The average Bonchev–Trinajstić information content (AvgIpc) is 2.84. The number of esters is 2. The van der Waals surface area contributed by atoms with Gasteiger partial charge in [-0.3, -0.25) is 9.59 Å². The second kappa shape index (κ2) is 26.2. The average molecular weight is 541 g/mol. The normalized spacial score (nSPS) is 11.6. The quantitative estimate of drug-likeness (QED) is 0.110. The third kappa shape index (κ3) is 30.7. The van der Waals surface area contributed by atoms with Gasteiger partial charge in [-0.05, 0) is 20.8 Å². The highest BCUT2D eigenvalue weighted by atomic mass is 16.6. The van der Waals surface area contributed by atoms with Gasteiger partial charge >= 0.3 is 11.9 Å². The van der Waals surface area contributed by atoms with E-state index in [0.717, 1.165) is 0 Å². The first-order chi connectivity index (χ1) is 17.8. The first kappa shape index (κ1) is 35.6. The van der Waals surface area contributed by atoms with Gasteiger partial charge in [-0.2, -0.15) is 0 Å². The summed E-state index contributed by atoms with van der Waals surface area (Å²) in [6.45, 7) is 12.7. The molecule has 0 saturated carbocycles. The summed E-state index contributed by atoms with van der Waals surface area (Å²) >= 11 is 0. The molecule has 0 amide bonds. The molecule has 0 heterocycles.